The van der Waals surface area contributed by atoms with E-state index in [1.165, 1.54) is 6.92 Å². The molecule has 5 nitrogen and oxygen atoms in total. The van der Waals surface area contributed by atoms with Crippen LogP contribution in [0, 0.1) is 5.41 Å². The molecule has 0 unspecified atom stereocenters. The lowest BCUT2D eigenvalue weighted by atomic mass is 9.87. The minimum absolute atomic E-state index is 0.213. The molecular weight excluding hydrogens is 198 g/mol. The van der Waals surface area contributed by atoms with Gasteiger partial charge in [0.2, 0.25) is 0 Å². The van der Waals surface area contributed by atoms with Gasteiger partial charge in [-0.05, 0) is 12.3 Å². The number of alkyl carbamates (subject to hydrolysis) is 1. The van der Waals surface area contributed by atoms with Crippen LogP contribution in [0.15, 0.2) is 12.3 Å². The average Bonchev–Trinajstić information content (AvgIpc) is 1.95. The van der Waals surface area contributed by atoms with Crippen LogP contribution in [0.1, 0.15) is 27.7 Å². The minimum Gasteiger partial charge on any atom is -0.480 e. The lowest BCUT2D eigenvalue weighted by molar-refractivity contribution is -0.142. The first-order valence-corrected chi connectivity index (χ1v) is 4.51. The summed E-state index contributed by atoms with van der Waals surface area (Å²) in [5, 5.41) is 11.2. The first-order chi connectivity index (χ1) is 6.64. The number of amides is 1. The third-order valence-corrected chi connectivity index (χ3v) is 1.64. The Hall–Kier alpha value is -1.52. The first kappa shape index (κ1) is 13.5. The molecule has 0 saturated carbocycles. The molecule has 5 heteroatoms. The number of hydrogen-bond donors (Lipinski definition) is 2. The van der Waals surface area contributed by atoms with Crippen LogP contribution in [-0.4, -0.2) is 23.2 Å². The van der Waals surface area contributed by atoms with E-state index in [1.807, 2.05) is 0 Å². The number of carboxylic acid groups (broad SMARTS) is 1. The smallest absolute Gasteiger partial charge is 0.412 e. The van der Waals surface area contributed by atoms with Crippen LogP contribution in [0.3, 0.4) is 0 Å². The molecule has 0 aromatic heterocycles. The maximum absolute atomic E-state index is 11.2. The fourth-order valence-electron chi connectivity index (χ4n) is 0.954. The zero-order valence-electron chi connectivity index (χ0n) is 9.46. The number of carboxylic acids is 1. The molecule has 0 aliphatic heterocycles. The van der Waals surface area contributed by atoms with Gasteiger partial charge in [-0.15, -0.1) is 0 Å². The fraction of sp³-hybridized carbons (Fsp3) is 0.600. The van der Waals surface area contributed by atoms with E-state index < -0.39 is 23.5 Å². The topological polar surface area (TPSA) is 75.6 Å². The summed E-state index contributed by atoms with van der Waals surface area (Å²) >= 11 is 0. The number of carbonyl (C=O) groups is 2. The van der Waals surface area contributed by atoms with Crippen molar-refractivity contribution in [2.45, 2.75) is 33.7 Å². The van der Waals surface area contributed by atoms with Crippen LogP contribution in [0.5, 0.6) is 0 Å². The van der Waals surface area contributed by atoms with Gasteiger partial charge < -0.3 is 15.2 Å². The van der Waals surface area contributed by atoms with Crippen molar-refractivity contribution in [2.24, 2.45) is 5.41 Å². The van der Waals surface area contributed by atoms with Crippen LogP contribution in [0.4, 0.5) is 4.79 Å². The van der Waals surface area contributed by atoms with Gasteiger partial charge >= 0.3 is 12.1 Å². The van der Waals surface area contributed by atoms with E-state index in [1.54, 1.807) is 20.8 Å². The molecule has 0 bridgehead atoms. The highest BCUT2D eigenvalue weighted by molar-refractivity contribution is 5.80. The van der Waals surface area contributed by atoms with Gasteiger partial charge in [-0.2, -0.15) is 0 Å². The molecule has 0 saturated heterocycles. The molecule has 0 rings (SSSR count). The second kappa shape index (κ2) is 4.82. The SMILES string of the molecule is C=C(C)OC(=O)N[C@H](C(=O)O)C(C)(C)C. The third-order valence-electron chi connectivity index (χ3n) is 1.64. The van der Waals surface area contributed by atoms with E-state index in [2.05, 4.69) is 16.6 Å². The van der Waals surface area contributed by atoms with Crippen molar-refractivity contribution in [3.05, 3.63) is 12.3 Å². The zero-order chi connectivity index (χ0) is 12.2. The van der Waals surface area contributed by atoms with Crippen molar-refractivity contribution < 1.29 is 19.4 Å². The van der Waals surface area contributed by atoms with Crippen LogP contribution in [0.25, 0.3) is 0 Å². The van der Waals surface area contributed by atoms with Gasteiger partial charge in [-0.1, -0.05) is 27.4 Å². The van der Waals surface area contributed by atoms with Crippen molar-refractivity contribution in [1.29, 1.82) is 0 Å². The van der Waals surface area contributed by atoms with Gasteiger partial charge in [-0.3, -0.25) is 0 Å². The predicted molar refractivity (Wildman–Crippen MR) is 55.3 cm³/mol. The van der Waals surface area contributed by atoms with Crippen molar-refractivity contribution in [1.82, 2.24) is 5.32 Å². The Balaban J connectivity index is 4.51. The highest BCUT2D eigenvalue weighted by atomic mass is 16.6. The van der Waals surface area contributed by atoms with Gasteiger partial charge in [0.05, 0.1) is 5.76 Å². The van der Waals surface area contributed by atoms with Gasteiger partial charge in [0.25, 0.3) is 0 Å². The number of ether oxygens (including phenoxy) is 1. The monoisotopic (exact) mass is 215 g/mol. The molecule has 0 radical (unpaired) electrons. The molecule has 0 aromatic carbocycles. The summed E-state index contributed by atoms with van der Waals surface area (Å²) in [6, 6.07) is -0.996. The van der Waals surface area contributed by atoms with E-state index in [0.717, 1.165) is 0 Å². The number of rotatable bonds is 3. The van der Waals surface area contributed by atoms with Crippen molar-refractivity contribution >= 4 is 12.1 Å². The zero-order valence-corrected chi connectivity index (χ0v) is 9.46. The fourth-order valence-corrected chi connectivity index (χ4v) is 0.954. The lowest BCUT2D eigenvalue weighted by Gasteiger charge is -2.27. The van der Waals surface area contributed by atoms with Gasteiger partial charge in [0.1, 0.15) is 6.04 Å². The standard InChI is InChI=1S/C10H17NO4/c1-6(2)15-9(14)11-7(8(12)13)10(3,4)5/h7H,1H2,2-5H3,(H,11,14)(H,12,13)/t7-/m1/s1. The van der Waals surface area contributed by atoms with E-state index in [9.17, 15) is 9.59 Å². The number of carbonyl (C=O) groups excluding carboxylic acids is 1. The Morgan fingerprint density at radius 3 is 2.13 bits per heavy atom. The maximum Gasteiger partial charge on any atom is 0.412 e. The first-order valence-electron chi connectivity index (χ1n) is 4.51. The molecule has 86 valence electrons. The van der Waals surface area contributed by atoms with Crippen LogP contribution in [-0.2, 0) is 9.53 Å². The molecule has 15 heavy (non-hydrogen) atoms. The Morgan fingerprint density at radius 1 is 1.40 bits per heavy atom. The van der Waals surface area contributed by atoms with Gasteiger partial charge in [-0.25, -0.2) is 9.59 Å². The van der Waals surface area contributed by atoms with Crippen LogP contribution < -0.4 is 5.32 Å². The molecule has 2 N–H and O–H groups in total. The normalized spacial score (nSPS) is 12.8. The molecular formula is C10H17NO4. The molecule has 0 fully saturated rings. The third kappa shape index (κ3) is 5.05. The lowest BCUT2D eigenvalue weighted by Crippen LogP contribution is -2.49. The Labute approximate surface area is 89.1 Å². The summed E-state index contributed by atoms with van der Waals surface area (Å²) in [4.78, 5) is 22.0. The summed E-state index contributed by atoms with van der Waals surface area (Å²) in [6.45, 7) is 10.0. The predicted octanol–water partition coefficient (Wildman–Crippen LogP) is 1.75. The van der Waals surface area contributed by atoms with Crippen LogP contribution in [0.2, 0.25) is 0 Å². The Bertz CT molecular complexity index is 278. The van der Waals surface area contributed by atoms with E-state index in [4.69, 9.17) is 5.11 Å². The summed E-state index contributed by atoms with van der Waals surface area (Å²) in [6.07, 6.45) is -0.801. The number of hydrogen-bond acceptors (Lipinski definition) is 3. The Kier molecular flexibility index (Phi) is 4.33. The van der Waals surface area contributed by atoms with Crippen molar-refractivity contribution in [2.75, 3.05) is 0 Å². The largest absolute Gasteiger partial charge is 0.480 e. The van der Waals surface area contributed by atoms with E-state index in [-0.39, 0.29) is 5.76 Å². The summed E-state index contributed by atoms with van der Waals surface area (Å²) in [7, 11) is 0. The van der Waals surface area contributed by atoms with Crippen molar-refractivity contribution in [3.63, 3.8) is 0 Å². The second-order valence-corrected chi connectivity index (χ2v) is 4.37. The van der Waals surface area contributed by atoms with Gasteiger partial charge in [0, 0.05) is 0 Å². The molecule has 1 atom stereocenters. The molecule has 1 amide bonds. The summed E-state index contributed by atoms with van der Waals surface area (Å²) in [5.74, 6) is -0.883. The minimum atomic E-state index is -1.10. The average molecular weight is 215 g/mol. The highest BCUT2D eigenvalue weighted by Crippen LogP contribution is 2.19. The van der Waals surface area contributed by atoms with E-state index >= 15 is 0 Å². The molecule has 0 aliphatic rings. The second-order valence-electron chi connectivity index (χ2n) is 4.37. The summed E-state index contributed by atoms with van der Waals surface area (Å²) < 4.78 is 4.62. The molecule has 0 heterocycles. The molecule has 0 aromatic rings. The summed E-state index contributed by atoms with van der Waals surface area (Å²) in [5.41, 5.74) is -0.583. The molecule has 0 spiro atoms. The quantitative estimate of drug-likeness (QED) is 0.703. The van der Waals surface area contributed by atoms with Gasteiger partial charge in [0.15, 0.2) is 0 Å². The molecule has 0 aliphatic carbocycles. The van der Waals surface area contributed by atoms with Crippen molar-refractivity contribution in [3.8, 4) is 0 Å². The Morgan fingerprint density at radius 2 is 1.87 bits per heavy atom. The van der Waals surface area contributed by atoms with Crippen LogP contribution >= 0.6 is 0 Å². The number of aliphatic carboxylic acids is 1. The van der Waals surface area contributed by atoms with E-state index in [0.29, 0.717) is 0 Å². The number of nitrogens with one attached hydrogen (secondary N) is 1. The maximum atomic E-state index is 11.2. The number of allylic oxidation sites excluding steroid dienone is 1. The highest BCUT2D eigenvalue weighted by Gasteiger charge is 2.33.